The van der Waals surface area contributed by atoms with E-state index in [1.807, 2.05) is 12.4 Å². The predicted octanol–water partition coefficient (Wildman–Crippen LogP) is -0.383. The highest BCUT2D eigenvalue weighted by molar-refractivity contribution is 5.09. The van der Waals surface area contributed by atoms with E-state index in [4.69, 9.17) is 5.84 Å². The van der Waals surface area contributed by atoms with Crippen molar-refractivity contribution < 1.29 is 0 Å². The maximum absolute atomic E-state index is 5.66. The summed E-state index contributed by atoms with van der Waals surface area (Å²) in [7, 11) is 4.34. The molecule has 1 aromatic heterocycles. The van der Waals surface area contributed by atoms with E-state index in [1.165, 1.54) is 6.33 Å². The Morgan fingerprint density at radius 2 is 2.11 bits per heavy atom. The largest absolute Gasteiger partial charge is 0.304 e. The van der Waals surface area contributed by atoms with Crippen LogP contribution < -0.4 is 11.3 Å². The molecule has 100 valence electrons. The van der Waals surface area contributed by atoms with Crippen LogP contribution in [0.5, 0.6) is 0 Å². The van der Waals surface area contributed by atoms with Gasteiger partial charge in [0.1, 0.15) is 6.33 Å². The highest BCUT2D eigenvalue weighted by Crippen LogP contribution is 2.20. The summed E-state index contributed by atoms with van der Waals surface area (Å²) >= 11 is 0. The van der Waals surface area contributed by atoms with Gasteiger partial charge in [0, 0.05) is 43.6 Å². The Hall–Kier alpha value is -1.08. The third-order valence-electron chi connectivity index (χ3n) is 3.67. The third-order valence-corrected chi connectivity index (χ3v) is 3.67. The monoisotopic (exact) mass is 250 g/mol. The van der Waals surface area contributed by atoms with Crippen molar-refractivity contribution in [1.82, 2.24) is 25.2 Å². The third kappa shape index (κ3) is 3.23. The van der Waals surface area contributed by atoms with Gasteiger partial charge >= 0.3 is 0 Å². The number of nitrogens with one attached hydrogen (secondary N) is 1. The summed E-state index contributed by atoms with van der Waals surface area (Å²) in [6, 6.07) is 0.607. The molecule has 6 nitrogen and oxygen atoms in total. The lowest BCUT2D eigenvalue weighted by atomic mass is 10.00. The molecule has 0 aliphatic carbocycles. The lowest BCUT2D eigenvalue weighted by molar-refractivity contribution is 0.101. The first-order valence-corrected chi connectivity index (χ1v) is 6.30. The first kappa shape index (κ1) is 13.4. The minimum Gasteiger partial charge on any atom is -0.304 e. The second kappa shape index (κ2) is 6.19. The number of hydrazine groups is 1. The van der Waals surface area contributed by atoms with Crippen molar-refractivity contribution in [3.8, 4) is 0 Å². The molecular weight excluding hydrogens is 228 g/mol. The summed E-state index contributed by atoms with van der Waals surface area (Å²) in [5.41, 5.74) is 3.92. The molecule has 2 heterocycles. The van der Waals surface area contributed by atoms with E-state index >= 15 is 0 Å². The van der Waals surface area contributed by atoms with Gasteiger partial charge in [0.05, 0.1) is 6.04 Å². The standard InChI is InChI=1S/C12H22N6/c1-17-3-4-18(2)11(8-17)5-12(16-13)10-6-14-9-15-7-10/h6-7,9,11-12,16H,3-5,8,13H2,1-2H3. The summed E-state index contributed by atoms with van der Waals surface area (Å²) in [5, 5.41) is 0. The molecule has 1 saturated heterocycles. The minimum absolute atomic E-state index is 0.102. The van der Waals surface area contributed by atoms with Crippen molar-refractivity contribution in [1.29, 1.82) is 0 Å². The van der Waals surface area contributed by atoms with Crippen LogP contribution in [0.3, 0.4) is 0 Å². The number of hydrogen-bond donors (Lipinski definition) is 2. The van der Waals surface area contributed by atoms with Crippen molar-refractivity contribution in [2.45, 2.75) is 18.5 Å². The predicted molar refractivity (Wildman–Crippen MR) is 70.6 cm³/mol. The number of likely N-dealkylation sites (N-methyl/N-ethyl adjacent to an activating group) is 2. The Labute approximate surface area is 108 Å². The van der Waals surface area contributed by atoms with Gasteiger partial charge in [0.15, 0.2) is 0 Å². The van der Waals surface area contributed by atoms with Gasteiger partial charge in [-0.15, -0.1) is 0 Å². The molecule has 1 aromatic rings. The zero-order valence-corrected chi connectivity index (χ0v) is 11.1. The van der Waals surface area contributed by atoms with Crippen molar-refractivity contribution in [2.24, 2.45) is 5.84 Å². The van der Waals surface area contributed by atoms with Crippen LogP contribution in [0.25, 0.3) is 0 Å². The molecule has 0 saturated carbocycles. The van der Waals surface area contributed by atoms with Gasteiger partial charge in [0.2, 0.25) is 0 Å². The fraction of sp³-hybridized carbons (Fsp3) is 0.667. The van der Waals surface area contributed by atoms with E-state index < -0.39 is 0 Å². The summed E-state index contributed by atoms with van der Waals surface area (Å²) in [4.78, 5) is 12.9. The van der Waals surface area contributed by atoms with Crippen LogP contribution in [0, 0.1) is 0 Å². The Kier molecular flexibility index (Phi) is 4.60. The first-order chi connectivity index (χ1) is 8.70. The molecule has 0 amide bonds. The minimum atomic E-state index is 0.102. The SMILES string of the molecule is CN1CCN(C)C(CC(NN)c2cncnc2)C1. The van der Waals surface area contributed by atoms with Crippen LogP contribution in [0.4, 0.5) is 0 Å². The molecule has 2 unspecified atom stereocenters. The molecule has 0 spiro atoms. The molecule has 2 atom stereocenters. The quantitative estimate of drug-likeness (QED) is 0.560. The van der Waals surface area contributed by atoms with Crippen molar-refractivity contribution in [2.75, 3.05) is 33.7 Å². The molecule has 6 heteroatoms. The molecule has 2 rings (SSSR count). The molecule has 1 aliphatic heterocycles. The van der Waals surface area contributed by atoms with E-state index in [1.54, 1.807) is 0 Å². The Balaban J connectivity index is 2.01. The van der Waals surface area contributed by atoms with Crippen molar-refractivity contribution >= 4 is 0 Å². The average Bonchev–Trinajstić information content (AvgIpc) is 2.41. The smallest absolute Gasteiger partial charge is 0.115 e. The van der Waals surface area contributed by atoms with Crippen LogP contribution in [-0.4, -0.2) is 59.5 Å². The van der Waals surface area contributed by atoms with Gasteiger partial charge in [-0.05, 0) is 20.5 Å². The second-order valence-electron chi connectivity index (χ2n) is 5.02. The molecule has 1 aliphatic rings. The van der Waals surface area contributed by atoms with Gasteiger partial charge in [-0.25, -0.2) is 9.97 Å². The van der Waals surface area contributed by atoms with Gasteiger partial charge < -0.3 is 9.80 Å². The maximum Gasteiger partial charge on any atom is 0.115 e. The highest BCUT2D eigenvalue weighted by atomic mass is 15.3. The number of rotatable bonds is 4. The van der Waals surface area contributed by atoms with Crippen LogP contribution in [0.1, 0.15) is 18.0 Å². The van der Waals surface area contributed by atoms with Crippen LogP contribution in [0.2, 0.25) is 0 Å². The van der Waals surface area contributed by atoms with E-state index in [2.05, 4.69) is 39.3 Å². The lowest BCUT2D eigenvalue weighted by Gasteiger charge is -2.39. The second-order valence-corrected chi connectivity index (χ2v) is 5.02. The Morgan fingerprint density at radius 1 is 1.39 bits per heavy atom. The summed E-state index contributed by atoms with van der Waals surface area (Å²) in [5.74, 6) is 5.66. The molecule has 18 heavy (non-hydrogen) atoms. The molecular formula is C12H22N6. The summed E-state index contributed by atoms with van der Waals surface area (Å²) < 4.78 is 0. The molecule has 1 fully saturated rings. The number of nitrogens with two attached hydrogens (primary N) is 1. The zero-order valence-electron chi connectivity index (χ0n) is 11.1. The Bertz CT molecular complexity index is 357. The zero-order chi connectivity index (χ0) is 13.0. The molecule has 0 aromatic carbocycles. The average molecular weight is 250 g/mol. The van der Waals surface area contributed by atoms with Crippen molar-refractivity contribution in [3.63, 3.8) is 0 Å². The maximum atomic E-state index is 5.66. The molecule has 0 bridgehead atoms. The van der Waals surface area contributed by atoms with Gasteiger partial charge in [0.25, 0.3) is 0 Å². The fourth-order valence-corrected chi connectivity index (χ4v) is 2.42. The number of aromatic nitrogens is 2. The van der Waals surface area contributed by atoms with Gasteiger partial charge in [-0.2, -0.15) is 0 Å². The van der Waals surface area contributed by atoms with Crippen LogP contribution >= 0.6 is 0 Å². The lowest BCUT2D eigenvalue weighted by Crippen LogP contribution is -2.51. The molecule has 0 radical (unpaired) electrons. The van der Waals surface area contributed by atoms with Crippen LogP contribution in [-0.2, 0) is 0 Å². The summed E-state index contributed by atoms with van der Waals surface area (Å²) in [6.07, 6.45) is 6.15. The van der Waals surface area contributed by atoms with E-state index in [0.29, 0.717) is 6.04 Å². The van der Waals surface area contributed by atoms with Crippen molar-refractivity contribution in [3.05, 3.63) is 24.3 Å². The van der Waals surface area contributed by atoms with E-state index in [0.717, 1.165) is 31.6 Å². The number of hydrogen-bond acceptors (Lipinski definition) is 6. The van der Waals surface area contributed by atoms with E-state index in [-0.39, 0.29) is 6.04 Å². The van der Waals surface area contributed by atoms with Gasteiger partial charge in [-0.1, -0.05) is 0 Å². The summed E-state index contributed by atoms with van der Waals surface area (Å²) in [6.45, 7) is 3.30. The first-order valence-electron chi connectivity index (χ1n) is 6.30. The van der Waals surface area contributed by atoms with E-state index in [9.17, 15) is 0 Å². The van der Waals surface area contributed by atoms with Gasteiger partial charge in [-0.3, -0.25) is 11.3 Å². The highest BCUT2D eigenvalue weighted by Gasteiger charge is 2.25. The normalized spacial score (nSPS) is 24.1. The topological polar surface area (TPSA) is 70.3 Å². The Morgan fingerprint density at radius 3 is 2.78 bits per heavy atom. The fourth-order valence-electron chi connectivity index (χ4n) is 2.42. The number of nitrogens with zero attached hydrogens (tertiary/aromatic N) is 4. The number of piperazine rings is 1. The molecule has 3 N–H and O–H groups in total. The van der Waals surface area contributed by atoms with Crippen LogP contribution in [0.15, 0.2) is 18.7 Å².